The van der Waals surface area contributed by atoms with Gasteiger partial charge in [0.05, 0.1) is 0 Å². The fourth-order valence-electron chi connectivity index (χ4n) is 1.20. The Hall–Kier alpha value is -2.76. The molecule has 0 aliphatic carbocycles. The van der Waals surface area contributed by atoms with Gasteiger partial charge >= 0.3 is 5.09 Å². The van der Waals surface area contributed by atoms with Crippen molar-refractivity contribution in [3.63, 3.8) is 0 Å². The van der Waals surface area contributed by atoms with E-state index in [1.807, 2.05) is 0 Å². The number of aromatic hydroxyl groups is 2. The Kier molecular flexibility index (Phi) is 3.29. The Morgan fingerprint density at radius 1 is 0.722 bits per heavy atom. The van der Waals surface area contributed by atoms with Crippen LogP contribution < -0.4 is 9.68 Å². The molecule has 0 bridgehead atoms. The van der Waals surface area contributed by atoms with Crippen molar-refractivity contribution in [3.05, 3.63) is 53.4 Å². The van der Waals surface area contributed by atoms with Gasteiger partial charge in [-0.2, -0.15) is 0 Å². The van der Waals surface area contributed by atoms with Crippen LogP contribution in [0.15, 0.2) is 48.5 Å². The molecule has 92 valence electrons. The van der Waals surface area contributed by atoms with Crippen LogP contribution >= 0.6 is 0 Å². The molecule has 0 atom stereocenters. The quantitative estimate of drug-likeness (QED) is 0.810. The van der Waals surface area contributed by atoms with Crippen molar-refractivity contribution in [2.75, 3.05) is 0 Å². The molecule has 0 fully saturated rings. The predicted molar refractivity (Wildman–Crippen MR) is 61.1 cm³/mol. The van der Waals surface area contributed by atoms with Crippen LogP contribution in [0.2, 0.25) is 0 Å². The zero-order chi connectivity index (χ0) is 13.0. The summed E-state index contributed by atoms with van der Waals surface area (Å²) in [5.74, 6) is 0.585. The summed E-state index contributed by atoms with van der Waals surface area (Å²) < 4.78 is 0. The third kappa shape index (κ3) is 3.11. The Morgan fingerprint density at radius 3 is 1.39 bits per heavy atom. The molecule has 2 aromatic rings. The molecule has 0 spiro atoms. The van der Waals surface area contributed by atoms with Gasteiger partial charge in [-0.1, -0.05) is 0 Å². The summed E-state index contributed by atoms with van der Waals surface area (Å²) in [6.45, 7) is 0. The van der Waals surface area contributed by atoms with Crippen LogP contribution in [0.1, 0.15) is 0 Å². The van der Waals surface area contributed by atoms with E-state index in [2.05, 4.69) is 0 Å². The first-order valence-corrected chi connectivity index (χ1v) is 5.05. The van der Waals surface area contributed by atoms with Crippen molar-refractivity contribution in [2.24, 2.45) is 0 Å². The zero-order valence-electron chi connectivity index (χ0n) is 9.19. The first kappa shape index (κ1) is 11.7. The molecule has 6 heteroatoms. The third-order valence-corrected chi connectivity index (χ3v) is 2.03. The van der Waals surface area contributed by atoms with Gasteiger partial charge in [-0.05, 0) is 48.5 Å². The van der Waals surface area contributed by atoms with Crippen molar-refractivity contribution in [3.8, 4) is 23.0 Å². The summed E-state index contributed by atoms with van der Waals surface area (Å²) in [5.41, 5.74) is 0. The van der Waals surface area contributed by atoms with Crippen LogP contribution in [0.3, 0.4) is 0 Å². The molecule has 0 heterocycles. The van der Waals surface area contributed by atoms with Gasteiger partial charge in [0.2, 0.25) is 11.5 Å². The Labute approximate surface area is 102 Å². The second kappa shape index (κ2) is 5.05. The summed E-state index contributed by atoms with van der Waals surface area (Å²) >= 11 is 0. The predicted octanol–water partition coefficient (Wildman–Crippen LogP) is 2.16. The number of hydrogen-bond donors (Lipinski definition) is 2. The average molecular weight is 248 g/mol. The minimum absolute atomic E-state index is 0.0688. The second-order valence-electron chi connectivity index (χ2n) is 3.39. The maximum Gasteiger partial charge on any atom is 0.489 e. The number of nitrogens with zero attached hydrogens (tertiary/aromatic N) is 1. The van der Waals surface area contributed by atoms with E-state index in [-0.39, 0.29) is 28.1 Å². The SMILES string of the molecule is O=[N+](Oc1ccc(O)cc1)Oc1ccc(O)cc1. The molecule has 0 saturated carbocycles. The standard InChI is InChI=1S/C12H9NO5/c14-9-1-5-11(6-2-9)17-13(16)18-12-7-3-10(15)4-8-12/h1-8H,(H-,14,15)/p+1. The van der Waals surface area contributed by atoms with E-state index >= 15 is 0 Å². The lowest BCUT2D eigenvalue weighted by atomic mass is 10.3. The molecule has 2 rings (SSSR count). The molecule has 0 aliphatic rings. The van der Waals surface area contributed by atoms with E-state index in [0.29, 0.717) is 0 Å². The Balaban J connectivity index is 1.96. The fraction of sp³-hybridized carbons (Fsp3) is 0. The summed E-state index contributed by atoms with van der Waals surface area (Å²) in [7, 11) is 0. The van der Waals surface area contributed by atoms with Crippen LogP contribution in [-0.2, 0) is 0 Å². The van der Waals surface area contributed by atoms with E-state index in [4.69, 9.17) is 19.9 Å². The molecular formula is C12H10NO5+. The number of benzene rings is 2. The lowest BCUT2D eigenvalue weighted by Gasteiger charge is -1.95. The Morgan fingerprint density at radius 2 is 1.06 bits per heavy atom. The molecule has 0 saturated heterocycles. The topological polar surface area (TPSA) is 79.0 Å². The van der Waals surface area contributed by atoms with E-state index < -0.39 is 0 Å². The lowest BCUT2D eigenvalue weighted by Crippen LogP contribution is -2.16. The lowest BCUT2D eigenvalue weighted by molar-refractivity contribution is -0.920. The van der Waals surface area contributed by atoms with Gasteiger partial charge < -0.3 is 10.2 Å². The molecule has 0 unspecified atom stereocenters. The summed E-state index contributed by atoms with van der Waals surface area (Å²) in [6.07, 6.45) is 0. The summed E-state index contributed by atoms with van der Waals surface area (Å²) in [5, 5.41) is 18.0. The minimum Gasteiger partial charge on any atom is -0.508 e. The Bertz CT molecular complexity index is 486. The van der Waals surface area contributed by atoms with Crippen LogP contribution in [0, 0.1) is 4.91 Å². The van der Waals surface area contributed by atoms with Gasteiger partial charge in [0.25, 0.3) is 0 Å². The number of phenols is 2. The van der Waals surface area contributed by atoms with Crippen molar-refractivity contribution in [1.82, 2.24) is 0 Å². The zero-order valence-corrected chi connectivity index (χ0v) is 9.19. The van der Waals surface area contributed by atoms with Gasteiger partial charge in [-0.3, -0.25) is 0 Å². The average Bonchev–Trinajstić information content (AvgIpc) is 2.35. The van der Waals surface area contributed by atoms with Gasteiger partial charge in [0, 0.05) is 0 Å². The normalized spacial score (nSPS) is 9.78. The maximum atomic E-state index is 11.3. The number of hydrogen-bond acceptors (Lipinski definition) is 5. The first-order chi connectivity index (χ1) is 8.63. The van der Waals surface area contributed by atoms with Gasteiger partial charge in [0.15, 0.2) is 0 Å². The molecule has 6 nitrogen and oxygen atoms in total. The second-order valence-corrected chi connectivity index (χ2v) is 3.39. The number of rotatable bonds is 4. The highest BCUT2D eigenvalue weighted by molar-refractivity contribution is 5.30. The van der Waals surface area contributed by atoms with Crippen molar-refractivity contribution in [2.45, 2.75) is 0 Å². The fourth-order valence-corrected chi connectivity index (χ4v) is 1.20. The van der Waals surface area contributed by atoms with Crippen LogP contribution in [0.4, 0.5) is 0 Å². The van der Waals surface area contributed by atoms with Crippen LogP contribution in [-0.4, -0.2) is 15.3 Å². The molecular weight excluding hydrogens is 238 g/mol. The highest BCUT2D eigenvalue weighted by atomic mass is 17.0. The molecule has 0 aliphatic heterocycles. The van der Waals surface area contributed by atoms with Gasteiger partial charge in [-0.15, -0.1) is 9.68 Å². The molecule has 18 heavy (non-hydrogen) atoms. The third-order valence-electron chi connectivity index (χ3n) is 2.03. The van der Waals surface area contributed by atoms with Crippen molar-refractivity contribution < 1.29 is 25.0 Å². The van der Waals surface area contributed by atoms with Crippen LogP contribution in [0.5, 0.6) is 23.0 Å². The molecule has 2 aromatic carbocycles. The maximum absolute atomic E-state index is 11.3. The smallest absolute Gasteiger partial charge is 0.489 e. The molecule has 2 N–H and O–H groups in total. The molecule has 0 aromatic heterocycles. The van der Waals surface area contributed by atoms with E-state index in [9.17, 15) is 4.91 Å². The minimum atomic E-state index is -0.0707. The highest BCUT2D eigenvalue weighted by Gasteiger charge is 2.16. The van der Waals surface area contributed by atoms with E-state index in [1.165, 1.54) is 48.5 Å². The first-order valence-electron chi connectivity index (χ1n) is 5.05. The molecule has 0 amide bonds. The summed E-state index contributed by atoms with van der Waals surface area (Å²) in [6, 6.07) is 11.2. The van der Waals surface area contributed by atoms with Crippen molar-refractivity contribution in [1.29, 1.82) is 0 Å². The monoisotopic (exact) mass is 248 g/mol. The highest BCUT2D eigenvalue weighted by Crippen LogP contribution is 2.18. The molecule has 0 radical (unpaired) electrons. The summed E-state index contributed by atoms with van der Waals surface area (Å²) in [4.78, 5) is 20.9. The van der Waals surface area contributed by atoms with Gasteiger partial charge in [-0.25, -0.2) is 0 Å². The van der Waals surface area contributed by atoms with Crippen molar-refractivity contribution >= 4 is 0 Å². The number of phenolic OH excluding ortho intramolecular Hbond substituents is 2. The van der Waals surface area contributed by atoms with Gasteiger partial charge in [0.1, 0.15) is 16.4 Å². The van der Waals surface area contributed by atoms with E-state index in [0.717, 1.165) is 0 Å². The largest absolute Gasteiger partial charge is 0.508 e. The van der Waals surface area contributed by atoms with E-state index in [1.54, 1.807) is 0 Å². The van der Waals surface area contributed by atoms with Crippen LogP contribution in [0.25, 0.3) is 0 Å².